The highest BCUT2D eigenvalue weighted by atomic mass is 19.1. The SMILES string of the molecule is Cc1ccc(C[NH+](C)[C@@H](C(=O)Nc2ccc(F)cc2)c2ccccc2)o1. The summed E-state index contributed by atoms with van der Waals surface area (Å²) in [6, 6.07) is 18.8. The van der Waals surface area contributed by atoms with Crippen LogP contribution in [-0.4, -0.2) is 13.0 Å². The summed E-state index contributed by atoms with van der Waals surface area (Å²) < 4.78 is 18.8. The number of aryl methyl sites for hydroxylation is 1. The number of nitrogens with one attached hydrogen (secondary N) is 2. The van der Waals surface area contributed by atoms with Crippen LogP contribution >= 0.6 is 0 Å². The molecule has 0 aliphatic rings. The Kier molecular flexibility index (Phi) is 5.49. The molecule has 1 unspecified atom stereocenters. The fraction of sp³-hybridized carbons (Fsp3) is 0.190. The van der Waals surface area contributed by atoms with Gasteiger partial charge in [0, 0.05) is 11.3 Å². The first-order chi connectivity index (χ1) is 12.5. The number of rotatable bonds is 6. The summed E-state index contributed by atoms with van der Waals surface area (Å²) in [7, 11) is 1.96. The second kappa shape index (κ2) is 7.97. The lowest BCUT2D eigenvalue weighted by Crippen LogP contribution is -3.09. The van der Waals surface area contributed by atoms with E-state index in [0.717, 1.165) is 22.0 Å². The molecule has 3 rings (SSSR count). The van der Waals surface area contributed by atoms with Crippen LogP contribution in [0, 0.1) is 12.7 Å². The maximum Gasteiger partial charge on any atom is 0.287 e. The number of quaternary nitrogens is 1. The molecule has 5 heteroatoms. The molecule has 0 aliphatic heterocycles. The molecule has 26 heavy (non-hydrogen) atoms. The molecule has 0 spiro atoms. The van der Waals surface area contributed by atoms with Crippen molar-refractivity contribution >= 4 is 11.6 Å². The van der Waals surface area contributed by atoms with E-state index >= 15 is 0 Å². The van der Waals surface area contributed by atoms with E-state index in [2.05, 4.69) is 5.32 Å². The fourth-order valence-electron chi connectivity index (χ4n) is 3.01. The van der Waals surface area contributed by atoms with Crippen molar-refractivity contribution in [1.82, 2.24) is 0 Å². The predicted octanol–water partition coefficient (Wildman–Crippen LogP) is 3.12. The summed E-state index contributed by atoms with van der Waals surface area (Å²) in [6.07, 6.45) is 0. The topological polar surface area (TPSA) is 46.7 Å². The van der Waals surface area contributed by atoms with Gasteiger partial charge in [-0.05, 0) is 43.3 Å². The van der Waals surface area contributed by atoms with Crippen LogP contribution in [0.5, 0.6) is 0 Å². The second-order valence-corrected chi connectivity index (χ2v) is 6.38. The minimum absolute atomic E-state index is 0.149. The van der Waals surface area contributed by atoms with Crippen LogP contribution in [0.4, 0.5) is 10.1 Å². The number of carbonyl (C=O) groups is 1. The average Bonchev–Trinajstić information content (AvgIpc) is 3.03. The number of amides is 1. The third kappa shape index (κ3) is 4.37. The largest absolute Gasteiger partial charge is 0.460 e. The van der Waals surface area contributed by atoms with Gasteiger partial charge in [0.15, 0.2) is 11.8 Å². The minimum Gasteiger partial charge on any atom is -0.460 e. The lowest BCUT2D eigenvalue weighted by atomic mass is 10.0. The molecule has 3 aromatic rings. The van der Waals surface area contributed by atoms with Crippen molar-refractivity contribution in [1.29, 1.82) is 0 Å². The monoisotopic (exact) mass is 353 g/mol. The molecule has 1 aromatic heterocycles. The van der Waals surface area contributed by atoms with Gasteiger partial charge >= 0.3 is 0 Å². The molecular formula is C21H22FN2O2+. The molecular weight excluding hydrogens is 331 g/mol. The van der Waals surface area contributed by atoms with Gasteiger partial charge in [0.05, 0.1) is 7.05 Å². The van der Waals surface area contributed by atoms with Crippen LogP contribution in [0.3, 0.4) is 0 Å². The van der Waals surface area contributed by atoms with E-state index in [1.807, 2.05) is 56.4 Å². The normalized spacial score (nSPS) is 13.2. The maximum atomic E-state index is 13.1. The van der Waals surface area contributed by atoms with Gasteiger partial charge in [0.1, 0.15) is 18.1 Å². The van der Waals surface area contributed by atoms with Gasteiger partial charge in [0.25, 0.3) is 5.91 Å². The number of hydrogen-bond acceptors (Lipinski definition) is 2. The zero-order valence-electron chi connectivity index (χ0n) is 14.8. The number of halogens is 1. The Balaban J connectivity index is 1.82. The van der Waals surface area contributed by atoms with Gasteiger partial charge in [-0.25, -0.2) is 4.39 Å². The van der Waals surface area contributed by atoms with E-state index in [9.17, 15) is 9.18 Å². The Hall–Kier alpha value is -2.92. The van der Waals surface area contributed by atoms with Gasteiger partial charge in [-0.2, -0.15) is 0 Å². The van der Waals surface area contributed by atoms with Crippen molar-refractivity contribution in [3.8, 4) is 0 Å². The summed E-state index contributed by atoms with van der Waals surface area (Å²) in [6.45, 7) is 2.47. The van der Waals surface area contributed by atoms with Crippen LogP contribution in [-0.2, 0) is 11.3 Å². The van der Waals surface area contributed by atoms with E-state index in [0.29, 0.717) is 12.2 Å². The Bertz CT molecular complexity index is 859. The van der Waals surface area contributed by atoms with E-state index in [-0.39, 0.29) is 11.7 Å². The smallest absolute Gasteiger partial charge is 0.287 e. The van der Waals surface area contributed by atoms with Crippen LogP contribution in [0.2, 0.25) is 0 Å². The van der Waals surface area contributed by atoms with Crippen LogP contribution in [0.1, 0.15) is 23.1 Å². The molecule has 2 N–H and O–H groups in total. The summed E-state index contributed by atoms with van der Waals surface area (Å²) in [4.78, 5) is 14.0. The first-order valence-corrected chi connectivity index (χ1v) is 8.52. The molecule has 1 heterocycles. The Labute approximate surface area is 152 Å². The standard InChI is InChI=1S/C21H21FN2O2/c1-15-8-13-19(26-15)14-24(2)20(16-6-4-3-5-7-16)21(25)23-18-11-9-17(22)10-12-18/h3-13,20H,14H2,1-2H3,(H,23,25)/p+1/t20-/m1/s1. The Morgan fingerprint density at radius 1 is 1.08 bits per heavy atom. The first-order valence-electron chi connectivity index (χ1n) is 8.52. The number of hydrogen-bond donors (Lipinski definition) is 2. The van der Waals surface area contributed by atoms with Crippen molar-refractivity contribution in [2.45, 2.75) is 19.5 Å². The number of carbonyl (C=O) groups excluding carboxylic acids is 1. The maximum absolute atomic E-state index is 13.1. The van der Waals surface area contributed by atoms with E-state index < -0.39 is 6.04 Å². The third-order valence-corrected chi connectivity index (χ3v) is 4.25. The molecule has 0 saturated carbocycles. The van der Waals surface area contributed by atoms with E-state index in [1.165, 1.54) is 12.1 Å². The zero-order valence-corrected chi connectivity index (χ0v) is 14.8. The summed E-state index contributed by atoms with van der Waals surface area (Å²) >= 11 is 0. The van der Waals surface area contributed by atoms with Crippen molar-refractivity contribution in [2.24, 2.45) is 0 Å². The summed E-state index contributed by atoms with van der Waals surface area (Å²) in [5.74, 6) is 1.19. The third-order valence-electron chi connectivity index (χ3n) is 4.25. The van der Waals surface area contributed by atoms with Gasteiger partial charge in [-0.3, -0.25) is 4.79 Å². The molecule has 0 bridgehead atoms. The number of benzene rings is 2. The molecule has 2 atom stereocenters. The number of likely N-dealkylation sites (N-methyl/N-ethyl adjacent to an activating group) is 1. The van der Waals surface area contributed by atoms with Crippen LogP contribution < -0.4 is 10.2 Å². The van der Waals surface area contributed by atoms with Crippen LogP contribution in [0.25, 0.3) is 0 Å². The van der Waals surface area contributed by atoms with Crippen molar-refractivity contribution < 1.29 is 18.5 Å². The molecule has 0 radical (unpaired) electrons. The predicted molar refractivity (Wildman–Crippen MR) is 98.2 cm³/mol. The summed E-state index contributed by atoms with van der Waals surface area (Å²) in [5, 5.41) is 2.88. The van der Waals surface area contributed by atoms with Crippen molar-refractivity contribution in [3.63, 3.8) is 0 Å². The average molecular weight is 353 g/mol. The van der Waals surface area contributed by atoms with Gasteiger partial charge in [0.2, 0.25) is 0 Å². The lowest BCUT2D eigenvalue weighted by Gasteiger charge is -2.24. The first kappa shape index (κ1) is 17.9. The molecule has 1 amide bonds. The highest BCUT2D eigenvalue weighted by Gasteiger charge is 2.29. The Morgan fingerprint density at radius 3 is 2.38 bits per heavy atom. The highest BCUT2D eigenvalue weighted by Crippen LogP contribution is 2.15. The van der Waals surface area contributed by atoms with E-state index in [1.54, 1.807) is 12.1 Å². The van der Waals surface area contributed by atoms with Crippen molar-refractivity contribution in [3.05, 3.63) is 89.6 Å². The number of anilines is 1. The van der Waals surface area contributed by atoms with Gasteiger partial charge in [-0.1, -0.05) is 30.3 Å². The molecule has 134 valence electrons. The fourth-order valence-corrected chi connectivity index (χ4v) is 3.01. The molecule has 4 nitrogen and oxygen atoms in total. The molecule has 0 aliphatic carbocycles. The molecule has 0 saturated heterocycles. The summed E-state index contributed by atoms with van der Waals surface area (Å²) in [5.41, 5.74) is 1.48. The van der Waals surface area contributed by atoms with Crippen molar-refractivity contribution in [2.75, 3.05) is 12.4 Å². The quantitative estimate of drug-likeness (QED) is 0.715. The highest BCUT2D eigenvalue weighted by molar-refractivity contribution is 5.94. The van der Waals surface area contributed by atoms with Gasteiger partial charge < -0.3 is 14.6 Å². The molecule has 2 aromatic carbocycles. The minimum atomic E-state index is -0.424. The second-order valence-electron chi connectivity index (χ2n) is 6.38. The van der Waals surface area contributed by atoms with Gasteiger partial charge in [-0.15, -0.1) is 0 Å². The molecule has 0 fully saturated rings. The number of furan rings is 1. The lowest BCUT2D eigenvalue weighted by molar-refractivity contribution is -0.916. The zero-order chi connectivity index (χ0) is 18.5. The van der Waals surface area contributed by atoms with E-state index in [4.69, 9.17) is 4.42 Å². The van der Waals surface area contributed by atoms with Crippen LogP contribution in [0.15, 0.2) is 71.1 Å². The Morgan fingerprint density at radius 2 is 1.77 bits per heavy atom.